The number of nitrogens with zero attached hydrogens (tertiary/aromatic N) is 1. The van der Waals surface area contributed by atoms with Crippen LogP contribution in [0.3, 0.4) is 0 Å². The molecule has 1 aliphatic carbocycles. The standard InChI is InChI=1S/C19H24N2O5/c1-21-8-7-12-13(9-20-18(23)11-5-3-2-4-6-11)16-17(26-10-25-16)15(22)14(12)19(21)24/h11,22H,2-10H2,1H3,(H,20,23). The van der Waals surface area contributed by atoms with Crippen LogP contribution in [-0.2, 0) is 17.8 Å². The van der Waals surface area contributed by atoms with Crippen molar-refractivity contribution in [2.45, 2.75) is 45.1 Å². The Kier molecular flexibility index (Phi) is 4.38. The Morgan fingerprint density at radius 3 is 2.73 bits per heavy atom. The molecule has 1 fully saturated rings. The molecule has 4 rings (SSSR count). The molecule has 2 amide bonds. The monoisotopic (exact) mass is 360 g/mol. The summed E-state index contributed by atoms with van der Waals surface area (Å²) < 4.78 is 10.9. The molecule has 7 nitrogen and oxygen atoms in total. The van der Waals surface area contributed by atoms with Crippen LogP contribution < -0.4 is 14.8 Å². The van der Waals surface area contributed by atoms with Crippen LogP contribution >= 0.6 is 0 Å². The zero-order chi connectivity index (χ0) is 18.3. The van der Waals surface area contributed by atoms with Crippen molar-refractivity contribution in [1.82, 2.24) is 10.2 Å². The lowest BCUT2D eigenvalue weighted by atomic mass is 9.88. The zero-order valence-electron chi connectivity index (χ0n) is 15.0. The maximum absolute atomic E-state index is 12.6. The number of likely N-dealkylation sites (N-methyl/N-ethyl adjacent to an activating group) is 1. The van der Waals surface area contributed by atoms with Crippen molar-refractivity contribution in [1.29, 1.82) is 0 Å². The fourth-order valence-corrected chi connectivity index (χ4v) is 4.17. The van der Waals surface area contributed by atoms with Gasteiger partial charge in [-0.2, -0.15) is 0 Å². The molecule has 0 atom stereocenters. The predicted octanol–water partition coefficient (Wildman–Crippen LogP) is 1.95. The molecule has 2 aliphatic heterocycles. The number of hydrogen-bond acceptors (Lipinski definition) is 5. The largest absolute Gasteiger partial charge is 0.504 e. The van der Waals surface area contributed by atoms with Crippen molar-refractivity contribution in [3.8, 4) is 17.2 Å². The van der Waals surface area contributed by atoms with Gasteiger partial charge < -0.3 is 24.8 Å². The Morgan fingerprint density at radius 1 is 1.23 bits per heavy atom. The number of fused-ring (bicyclic) bond motifs is 2. The summed E-state index contributed by atoms with van der Waals surface area (Å²) in [6, 6.07) is 0. The first-order valence-electron chi connectivity index (χ1n) is 9.27. The Hall–Kier alpha value is -2.44. The number of benzene rings is 1. The van der Waals surface area contributed by atoms with E-state index >= 15 is 0 Å². The Morgan fingerprint density at radius 2 is 1.96 bits per heavy atom. The van der Waals surface area contributed by atoms with Crippen LogP contribution in [0.15, 0.2) is 0 Å². The SMILES string of the molecule is CN1CCc2c(CNC(=O)C3CCCCC3)c3c(c(O)c2C1=O)OCO3. The molecule has 0 spiro atoms. The Balaban J connectivity index is 1.64. The Labute approximate surface area is 152 Å². The topological polar surface area (TPSA) is 88.1 Å². The molecule has 0 unspecified atom stereocenters. The normalized spacial score (nSPS) is 19.4. The number of carbonyl (C=O) groups excluding carboxylic acids is 2. The summed E-state index contributed by atoms with van der Waals surface area (Å²) in [7, 11) is 1.71. The highest BCUT2D eigenvalue weighted by Gasteiger charge is 2.36. The van der Waals surface area contributed by atoms with Crippen molar-refractivity contribution in [2.24, 2.45) is 5.92 Å². The number of phenolic OH excluding ortho intramolecular Hbond substituents is 1. The van der Waals surface area contributed by atoms with E-state index < -0.39 is 0 Å². The third kappa shape index (κ3) is 2.75. The van der Waals surface area contributed by atoms with Gasteiger partial charge in [-0.3, -0.25) is 9.59 Å². The van der Waals surface area contributed by atoms with Crippen molar-refractivity contribution in [3.63, 3.8) is 0 Å². The van der Waals surface area contributed by atoms with Gasteiger partial charge in [0.05, 0.1) is 5.56 Å². The van der Waals surface area contributed by atoms with Crippen LogP contribution in [0.25, 0.3) is 0 Å². The molecular weight excluding hydrogens is 336 g/mol. The number of amides is 2. The maximum Gasteiger partial charge on any atom is 0.257 e. The van der Waals surface area contributed by atoms with Crippen molar-refractivity contribution >= 4 is 11.8 Å². The summed E-state index contributed by atoms with van der Waals surface area (Å²) >= 11 is 0. The second-order valence-electron chi connectivity index (χ2n) is 7.27. The highest BCUT2D eigenvalue weighted by Crippen LogP contribution is 2.49. The summed E-state index contributed by atoms with van der Waals surface area (Å²) in [5.41, 5.74) is 1.76. The molecule has 2 N–H and O–H groups in total. The number of ether oxygens (including phenoxy) is 2. The van der Waals surface area contributed by atoms with Crippen LogP contribution in [0.4, 0.5) is 0 Å². The summed E-state index contributed by atoms with van der Waals surface area (Å²) in [6.07, 6.45) is 5.86. The van der Waals surface area contributed by atoms with Crippen molar-refractivity contribution in [2.75, 3.05) is 20.4 Å². The maximum atomic E-state index is 12.6. The summed E-state index contributed by atoms with van der Waals surface area (Å²) in [6.45, 7) is 0.842. The molecule has 7 heteroatoms. The number of aromatic hydroxyl groups is 1. The first kappa shape index (κ1) is 17.0. The van der Waals surface area contributed by atoms with Gasteiger partial charge in [-0.15, -0.1) is 0 Å². The lowest BCUT2D eigenvalue weighted by Gasteiger charge is -2.28. The predicted molar refractivity (Wildman–Crippen MR) is 93.3 cm³/mol. The first-order chi connectivity index (χ1) is 12.6. The van der Waals surface area contributed by atoms with Crippen LogP contribution in [0.5, 0.6) is 17.2 Å². The fraction of sp³-hybridized carbons (Fsp3) is 0.579. The third-order valence-corrected chi connectivity index (χ3v) is 5.68. The second-order valence-corrected chi connectivity index (χ2v) is 7.27. The molecule has 3 aliphatic rings. The third-order valence-electron chi connectivity index (χ3n) is 5.68. The molecular formula is C19H24N2O5. The van der Waals surface area contributed by atoms with Crippen LogP contribution in [-0.4, -0.2) is 42.2 Å². The van der Waals surface area contributed by atoms with Gasteiger partial charge in [0.25, 0.3) is 5.91 Å². The van der Waals surface area contributed by atoms with Gasteiger partial charge in [-0.05, 0) is 24.8 Å². The van der Waals surface area contributed by atoms with Crippen molar-refractivity contribution < 1.29 is 24.2 Å². The highest BCUT2D eigenvalue weighted by molar-refractivity contribution is 6.01. The zero-order valence-corrected chi connectivity index (χ0v) is 15.0. The minimum absolute atomic E-state index is 0.000607. The average Bonchev–Trinajstić information content (AvgIpc) is 3.15. The van der Waals surface area contributed by atoms with Crippen LogP contribution in [0, 0.1) is 5.92 Å². The van der Waals surface area contributed by atoms with Gasteiger partial charge in [-0.1, -0.05) is 19.3 Å². The van der Waals surface area contributed by atoms with Gasteiger partial charge >= 0.3 is 0 Å². The van der Waals surface area contributed by atoms with Crippen molar-refractivity contribution in [3.05, 3.63) is 16.7 Å². The van der Waals surface area contributed by atoms with Gasteiger partial charge in [-0.25, -0.2) is 0 Å². The minimum atomic E-state index is -0.234. The van der Waals surface area contributed by atoms with Crippen LogP contribution in [0.2, 0.25) is 0 Å². The van der Waals surface area contributed by atoms with E-state index in [9.17, 15) is 14.7 Å². The minimum Gasteiger partial charge on any atom is -0.504 e. The molecule has 0 aromatic heterocycles. The lowest BCUT2D eigenvalue weighted by Crippen LogP contribution is -2.36. The number of nitrogens with one attached hydrogen (secondary N) is 1. The number of phenols is 1. The molecule has 1 aromatic carbocycles. The second kappa shape index (κ2) is 6.70. The average molecular weight is 360 g/mol. The van der Waals surface area contributed by atoms with E-state index in [1.54, 1.807) is 11.9 Å². The quantitative estimate of drug-likeness (QED) is 0.860. The van der Waals surface area contributed by atoms with Gasteiger partial charge in [0.2, 0.25) is 18.4 Å². The van der Waals surface area contributed by atoms with E-state index in [0.29, 0.717) is 18.7 Å². The molecule has 140 valence electrons. The van der Waals surface area contributed by atoms with E-state index in [2.05, 4.69) is 5.32 Å². The molecule has 0 radical (unpaired) electrons. The smallest absolute Gasteiger partial charge is 0.257 e. The number of rotatable bonds is 3. The summed E-state index contributed by atoms with van der Waals surface area (Å²) in [5, 5.41) is 13.5. The van der Waals surface area contributed by atoms with Gasteiger partial charge in [0.1, 0.15) is 0 Å². The number of hydrogen-bond donors (Lipinski definition) is 2. The summed E-state index contributed by atoms with van der Waals surface area (Å²) in [5.74, 6) is 0.373. The molecule has 1 saturated carbocycles. The molecule has 0 saturated heterocycles. The fourth-order valence-electron chi connectivity index (χ4n) is 4.17. The Bertz CT molecular complexity index is 755. The molecule has 2 heterocycles. The van der Waals surface area contributed by atoms with E-state index in [-0.39, 0.29) is 48.1 Å². The molecule has 1 aromatic rings. The van der Waals surface area contributed by atoms with E-state index in [4.69, 9.17) is 9.47 Å². The highest BCUT2D eigenvalue weighted by atomic mass is 16.7. The van der Waals surface area contributed by atoms with Gasteiger partial charge in [0.15, 0.2) is 11.5 Å². The van der Waals surface area contributed by atoms with Crippen LogP contribution in [0.1, 0.15) is 53.6 Å². The van der Waals surface area contributed by atoms with E-state index in [1.165, 1.54) is 6.42 Å². The molecule has 26 heavy (non-hydrogen) atoms. The van der Waals surface area contributed by atoms with Gasteiger partial charge in [0, 0.05) is 31.6 Å². The summed E-state index contributed by atoms with van der Waals surface area (Å²) in [4.78, 5) is 26.7. The van der Waals surface area contributed by atoms with E-state index in [0.717, 1.165) is 36.8 Å². The molecule has 0 bridgehead atoms. The van der Waals surface area contributed by atoms with E-state index in [1.807, 2.05) is 0 Å². The number of carbonyl (C=O) groups is 2. The lowest BCUT2D eigenvalue weighted by molar-refractivity contribution is -0.126. The first-order valence-corrected chi connectivity index (χ1v) is 9.27.